The first-order chi connectivity index (χ1) is 4.01. The number of esters is 1. The predicted octanol–water partition coefficient (Wildman–Crippen LogP) is 0.185. The van der Waals surface area contributed by atoms with Crippen LogP contribution in [-0.2, 0) is 9.53 Å². The Kier molecular flexibility index (Phi) is 1.20. The zero-order chi connectivity index (χ0) is 7.07. The molecule has 0 aromatic carbocycles. The average molecular weight is 134 g/mol. The smallest absolute Gasteiger partial charge is 0.363 e. The Morgan fingerprint density at radius 2 is 2.56 bits per heavy atom. The molecular weight excluding hydrogens is 127 g/mol. The summed E-state index contributed by atoms with van der Waals surface area (Å²) in [6.45, 7) is 1.50. The van der Waals surface area contributed by atoms with Crippen molar-refractivity contribution in [3.05, 3.63) is 0 Å². The van der Waals surface area contributed by atoms with Gasteiger partial charge in [0.15, 0.2) is 0 Å². The summed E-state index contributed by atoms with van der Waals surface area (Å²) in [5.74, 6) is -1.21. The Bertz CT molecular complexity index is 143. The van der Waals surface area contributed by atoms with Gasteiger partial charge >= 0.3 is 12.0 Å². The predicted molar refractivity (Wildman–Crippen MR) is 25.9 cm³/mol. The van der Waals surface area contributed by atoms with Gasteiger partial charge in [0.25, 0.3) is 0 Å². The molecule has 0 radical (unpaired) electrons. The first kappa shape index (κ1) is 6.48. The van der Waals surface area contributed by atoms with E-state index in [0.29, 0.717) is 0 Å². The highest BCUT2D eigenvalue weighted by Gasteiger charge is 2.43. The molecule has 4 heteroatoms. The minimum absolute atomic E-state index is 0.258. The fraction of sp³-hybridized carbons (Fsp3) is 0.800. The van der Waals surface area contributed by atoms with E-state index in [9.17, 15) is 9.18 Å². The van der Waals surface area contributed by atoms with Crippen molar-refractivity contribution in [3.8, 4) is 0 Å². The van der Waals surface area contributed by atoms with Crippen LogP contribution in [0.3, 0.4) is 0 Å². The Morgan fingerprint density at radius 3 is 2.67 bits per heavy atom. The van der Waals surface area contributed by atoms with E-state index in [-0.39, 0.29) is 6.42 Å². The van der Waals surface area contributed by atoms with Crippen LogP contribution in [0.15, 0.2) is 0 Å². The Morgan fingerprint density at radius 1 is 2.00 bits per heavy atom. The van der Waals surface area contributed by atoms with Crippen molar-refractivity contribution in [1.82, 2.24) is 0 Å². The maximum atomic E-state index is 12.2. The summed E-state index contributed by atoms with van der Waals surface area (Å²) in [5.41, 5.74) is 0. The third-order valence-corrected chi connectivity index (χ3v) is 1.22. The first-order valence-corrected chi connectivity index (χ1v) is 2.65. The molecule has 2 unspecified atom stereocenters. The molecule has 1 aliphatic rings. The molecule has 0 bridgehead atoms. The lowest BCUT2D eigenvalue weighted by Gasteiger charge is -2.06. The van der Waals surface area contributed by atoms with Gasteiger partial charge in [0.1, 0.15) is 0 Å². The molecule has 9 heavy (non-hydrogen) atoms. The Hall–Kier alpha value is -0.640. The molecule has 0 aliphatic carbocycles. The molecular formula is C5H7FO3. The zero-order valence-electron chi connectivity index (χ0n) is 4.93. The largest absolute Gasteiger partial charge is 0.404 e. The highest BCUT2D eigenvalue weighted by atomic mass is 19.2. The minimum Gasteiger partial charge on any atom is -0.404 e. The number of carbonyl (C=O) groups is 1. The number of carbonyl (C=O) groups excluding carboxylic acids is 1. The van der Waals surface area contributed by atoms with Crippen LogP contribution in [0.5, 0.6) is 0 Å². The van der Waals surface area contributed by atoms with E-state index in [1.54, 1.807) is 0 Å². The quantitative estimate of drug-likeness (QED) is 0.481. The van der Waals surface area contributed by atoms with Gasteiger partial charge in [0, 0.05) is 0 Å². The van der Waals surface area contributed by atoms with Gasteiger partial charge in [-0.05, 0) is 0 Å². The normalized spacial score (nSPS) is 43.0. The second kappa shape index (κ2) is 1.67. The number of hydrogen-bond acceptors (Lipinski definition) is 3. The van der Waals surface area contributed by atoms with Crippen molar-refractivity contribution in [3.63, 3.8) is 0 Å². The second-order valence-electron chi connectivity index (χ2n) is 2.22. The van der Waals surface area contributed by atoms with Crippen LogP contribution in [0.25, 0.3) is 0 Å². The van der Waals surface area contributed by atoms with Crippen LogP contribution >= 0.6 is 0 Å². The molecule has 0 spiro atoms. The van der Waals surface area contributed by atoms with Gasteiger partial charge in [0.05, 0.1) is 12.3 Å². The lowest BCUT2D eigenvalue weighted by molar-refractivity contribution is -0.254. The summed E-state index contributed by atoms with van der Waals surface area (Å²) in [4.78, 5) is 10.4. The first-order valence-electron chi connectivity index (χ1n) is 2.65. The van der Waals surface area contributed by atoms with Crippen LogP contribution in [0, 0.1) is 5.92 Å². The lowest BCUT2D eigenvalue weighted by Crippen LogP contribution is -2.19. The van der Waals surface area contributed by atoms with E-state index in [2.05, 4.69) is 4.74 Å². The van der Waals surface area contributed by atoms with E-state index in [4.69, 9.17) is 5.11 Å². The third kappa shape index (κ3) is 1.18. The zero-order valence-corrected chi connectivity index (χ0v) is 4.93. The van der Waals surface area contributed by atoms with Crippen molar-refractivity contribution in [1.29, 1.82) is 0 Å². The van der Waals surface area contributed by atoms with Gasteiger partial charge < -0.3 is 9.84 Å². The fourth-order valence-electron chi connectivity index (χ4n) is 0.757. The summed E-state index contributed by atoms with van der Waals surface area (Å²) < 4.78 is 16.1. The number of aliphatic hydroxyl groups is 1. The van der Waals surface area contributed by atoms with E-state index in [1.165, 1.54) is 6.92 Å². The van der Waals surface area contributed by atoms with Gasteiger partial charge in [-0.3, -0.25) is 4.79 Å². The Labute approximate surface area is 51.4 Å². The molecule has 0 aromatic heterocycles. The van der Waals surface area contributed by atoms with Gasteiger partial charge in [-0.15, -0.1) is 0 Å². The monoisotopic (exact) mass is 134 g/mol. The molecule has 0 aromatic rings. The maximum Gasteiger partial charge on any atom is 0.363 e. The molecule has 1 heterocycles. The molecule has 2 atom stereocenters. The highest BCUT2D eigenvalue weighted by Crippen LogP contribution is 2.29. The molecule has 1 saturated heterocycles. The number of cyclic esters (lactones) is 1. The van der Waals surface area contributed by atoms with Crippen molar-refractivity contribution in [2.45, 2.75) is 19.4 Å². The van der Waals surface area contributed by atoms with E-state index >= 15 is 0 Å². The number of halogens is 1. The van der Waals surface area contributed by atoms with Crippen LogP contribution in [0.1, 0.15) is 13.3 Å². The maximum absolute atomic E-state index is 12.2. The summed E-state index contributed by atoms with van der Waals surface area (Å²) in [6, 6.07) is -2.71. The van der Waals surface area contributed by atoms with Gasteiger partial charge in [-0.25, -0.2) is 0 Å². The van der Waals surface area contributed by atoms with E-state index in [0.717, 1.165) is 0 Å². The van der Waals surface area contributed by atoms with Crippen molar-refractivity contribution in [2.75, 3.05) is 0 Å². The number of alkyl halides is 1. The molecule has 1 rings (SSSR count). The van der Waals surface area contributed by atoms with Crippen LogP contribution < -0.4 is 0 Å². The summed E-state index contributed by atoms with van der Waals surface area (Å²) in [5, 5.41) is 8.43. The van der Waals surface area contributed by atoms with Crippen molar-refractivity contribution >= 4 is 5.97 Å². The molecule has 0 amide bonds. The molecule has 1 aliphatic heterocycles. The minimum atomic E-state index is -2.71. The molecule has 1 fully saturated rings. The highest BCUT2D eigenvalue weighted by molar-refractivity contribution is 5.74. The second-order valence-corrected chi connectivity index (χ2v) is 2.22. The van der Waals surface area contributed by atoms with Gasteiger partial charge in [0.2, 0.25) is 0 Å². The standard InChI is InChI=1S/C5H7FO3/c1-3-2-5(6,8)9-4(3)7/h3,8H,2H2,1H3. The van der Waals surface area contributed by atoms with Gasteiger partial charge in [-0.1, -0.05) is 6.92 Å². The SMILES string of the molecule is CC1CC(O)(F)OC1=O. The van der Waals surface area contributed by atoms with Crippen LogP contribution in [0.4, 0.5) is 4.39 Å². The summed E-state index contributed by atoms with van der Waals surface area (Å²) in [7, 11) is 0. The Balaban J connectivity index is 2.65. The van der Waals surface area contributed by atoms with Gasteiger partial charge in [-0.2, -0.15) is 4.39 Å². The molecule has 1 N–H and O–H groups in total. The fourth-order valence-corrected chi connectivity index (χ4v) is 0.757. The number of ether oxygens (including phenoxy) is 1. The van der Waals surface area contributed by atoms with E-state index < -0.39 is 17.9 Å². The third-order valence-electron chi connectivity index (χ3n) is 1.22. The van der Waals surface area contributed by atoms with Crippen molar-refractivity contribution < 1.29 is 19.0 Å². The van der Waals surface area contributed by atoms with Crippen LogP contribution in [-0.4, -0.2) is 17.1 Å². The molecule has 52 valence electrons. The van der Waals surface area contributed by atoms with Crippen LogP contribution in [0.2, 0.25) is 0 Å². The van der Waals surface area contributed by atoms with E-state index in [1.807, 2.05) is 0 Å². The number of hydrogen-bond donors (Lipinski definition) is 1. The average Bonchev–Trinajstić information content (AvgIpc) is 1.79. The molecule has 3 nitrogen and oxygen atoms in total. The summed E-state index contributed by atoms with van der Waals surface area (Å²) >= 11 is 0. The topological polar surface area (TPSA) is 46.5 Å². The van der Waals surface area contributed by atoms with Crippen molar-refractivity contribution in [2.24, 2.45) is 5.92 Å². The summed E-state index contributed by atoms with van der Waals surface area (Å²) in [6.07, 6.45) is -0.258. The lowest BCUT2D eigenvalue weighted by atomic mass is 10.1. The number of rotatable bonds is 0. The molecule has 0 saturated carbocycles.